The summed E-state index contributed by atoms with van der Waals surface area (Å²) in [6.45, 7) is 3.02. The number of aromatic nitrogens is 3. The minimum Gasteiger partial charge on any atom is -0.326 e. The van der Waals surface area contributed by atoms with Gasteiger partial charge in [-0.15, -0.1) is 12.4 Å². The number of hydrogen-bond donors (Lipinski definition) is 2. The molecule has 0 saturated carbocycles. The largest absolute Gasteiger partial charge is 0.326 e. The van der Waals surface area contributed by atoms with Gasteiger partial charge in [-0.1, -0.05) is 0 Å². The minimum absolute atomic E-state index is 0. The number of anilines is 1. The molecule has 2 heterocycles. The third-order valence-electron chi connectivity index (χ3n) is 3.78. The highest BCUT2D eigenvalue weighted by Gasteiger charge is 2.24. The summed E-state index contributed by atoms with van der Waals surface area (Å²) in [5.41, 5.74) is 1.68. The van der Waals surface area contributed by atoms with Crippen LogP contribution in [0.15, 0.2) is 36.7 Å². The Morgan fingerprint density at radius 3 is 2.59 bits per heavy atom. The van der Waals surface area contributed by atoms with Gasteiger partial charge in [0.25, 0.3) is 0 Å². The molecule has 1 aromatic heterocycles. The van der Waals surface area contributed by atoms with Crippen molar-refractivity contribution in [1.82, 2.24) is 20.3 Å². The maximum Gasteiger partial charge on any atom is 0.227 e. The summed E-state index contributed by atoms with van der Waals surface area (Å²) >= 11 is 0. The molecule has 0 bridgehead atoms. The van der Waals surface area contributed by atoms with E-state index in [0.29, 0.717) is 6.04 Å². The van der Waals surface area contributed by atoms with Crippen LogP contribution in [0, 0.1) is 5.92 Å². The van der Waals surface area contributed by atoms with Crippen molar-refractivity contribution in [2.75, 3.05) is 11.9 Å². The van der Waals surface area contributed by atoms with E-state index in [1.165, 1.54) is 0 Å². The van der Waals surface area contributed by atoms with Gasteiger partial charge in [0.1, 0.15) is 0 Å². The number of halogens is 1. The van der Waals surface area contributed by atoms with E-state index < -0.39 is 0 Å². The van der Waals surface area contributed by atoms with Gasteiger partial charge in [-0.25, -0.2) is 0 Å². The molecule has 1 aromatic carbocycles. The molecule has 1 aliphatic heterocycles. The van der Waals surface area contributed by atoms with Crippen LogP contribution >= 0.6 is 12.4 Å². The summed E-state index contributed by atoms with van der Waals surface area (Å²) in [7, 11) is 0. The lowest BCUT2D eigenvalue weighted by Crippen LogP contribution is -2.40. The molecule has 1 saturated heterocycles. The molecular formula is C15H20ClN5O. The predicted molar refractivity (Wildman–Crippen MR) is 87.4 cm³/mol. The molecular weight excluding hydrogens is 302 g/mol. The van der Waals surface area contributed by atoms with Crippen molar-refractivity contribution in [1.29, 1.82) is 0 Å². The molecule has 2 atom stereocenters. The van der Waals surface area contributed by atoms with E-state index in [2.05, 4.69) is 27.8 Å². The van der Waals surface area contributed by atoms with Gasteiger partial charge in [0.05, 0.1) is 18.1 Å². The lowest BCUT2D eigenvalue weighted by molar-refractivity contribution is -0.120. The van der Waals surface area contributed by atoms with Crippen molar-refractivity contribution < 1.29 is 4.79 Å². The highest BCUT2D eigenvalue weighted by Crippen LogP contribution is 2.19. The number of amides is 1. The Morgan fingerprint density at radius 1 is 1.27 bits per heavy atom. The van der Waals surface area contributed by atoms with Crippen molar-refractivity contribution in [2.45, 2.75) is 25.8 Å². The molecule has 2 N–H and O–H groups in total. The first-order chi connectivity index (χ1) is 10.2. The van der Waals surface area contributed by atoms with Gasteiger partial charge in [-0.05, 0) is 50.6 Å². The molecule has 22 heavy (non-hydrogen) atoms. The van der Waals surface area contributed by atoms with Crippen molar-refractivity contribution >= 4 is 24.0 Å². The van der Waals surface area contributed by atoms with E-state index >= 15 is 0 Å². The highest BCUT2D eigenvalue weighted by molar-refractivity contribution is 5.92. The summed E-state index contributed by atoms with van der Waals surface area (Å²) in [5.74, 6) is 0.196. The predicted octanol–water partition coefficient (Wildman–Crippen LogP) is 2.02. The summed E-state index contributed by atoms with van der Waals surface area (Å²) in [6, 6.07) is 7.94. The Labute approximate surface area is 135 Å². The number of carbonyl (C=O) groups excluding carboxylic acids is 1. The van der Waals surface area contributed by atoms with E-state index in [1.807, 2.05) is 24.3 Å². The van der Waals surface area contributed by atoms with Crippen LogP contribution in [0.2, 0.25) is 0 Å². The van der Waals surface area contributed by atoms with Crippen LogP contribution in [0.25, 0.3) is 5.69 Å². The number of nitrogens with one attached hydrogen (secondary N) is 2. The Hall–Kier alpha value is -1.92. The topological polar surface area (TPSA) is 71.8 Å². The highest BCUT2D eigenvalue weighted by atomic mass is 35.5. The summed E-state index contributed by atoms with van der Waals surface area (Å²) < 4.78 is 0. The van der Waals surface area contributed by atoms with Crippen LogP contribution in [0.5, 0.6) is 0 Å². The Balaban J connectivity index is 0.00000176. The van der Waals surface area contributed by atoms with Crippen molar-refractivity contribution in [2.24, 2.45) is 5.92 Å². The molecule has 0 radical (unpaired) electrons. The molecule has 2 aromatic rings. The van der Waals surface area contributed by atoms with Gasteiger partial charge in [0, 0.05) is 17.6 Å². The van der Waals surface area contributed by atoms with E-state index in [0.717, 1.165) is 30.8 Å². The first kappa shape index (κ1) is 16.5. The standard InChI is InChI=1S/C15H19N5O.ClH/c1-11-10-12(6-7-16-11)15(21)19-13-2-4-14(5-3-13)20-17-8-9-18-20;/h2-5,8-9,11-12,16H,6-7,10H2,1H3,(H,19,21);1H/t11-,12-;/m0./s1. The third kappa shape index (κ3) is 3.84. The fourth-order valence-electron chi connectivity index (χ4n) is 2.64. The van der Waals surface area contributed by atoms with E-state index in [-0.39, 0.29) is 24.2 Å². The quantitative estimate of drug-likeness (QED) is 0.907. The van der Waals surface area contributed by atoms with Crippen molar-refractivity contribution in [3.8, 4) is 5.69 Å². The molecule has 1 amide bonds. The monoisotopic (exact) mass is 321 g/mol. The van der Waals surface area contributed by atoms with Gasteiger partial charge in [0.15, 0.2) is 0 Å². The molecule has 1 aliphatic rings. The Bertz CT molecular complexity index is 599. The molecule has 1 fully saturated rings. The SMILES string of the molecule is C[C@H]1C[C@@H](C(=O)Nc2ccc(-n3nccn3)cc2)CCN1.Cl. The zero-order valence-electron chi connectivity index (χ0n) is 12.4. The maximum absolute atomic E-state index is 12.3. The average molecular weight is 322 g/mol. The maximum atomic E-state index is 12.3. The van der Waals surface area contributed by atoms with Gasteiger partial charge in [-0.3, -0.25) is 4.79 Å². The Morgan fingerprint density at radius 2 is 1.95 bits per heavy atom. The number of hydrogen-bond acceptors (Lipinski definition) is 4. The molecule has 0 unspecified atom stereocenters. The fourth-order valence-corrected chi connectivity index (χ4v) is 2.64. The number of piperidine rings is 1. The molecule has 3 rings (SSSR count). The molecule has 0 aliphatic carbocycles. The van der Waals surface area contributed by atoms with Crippen molar-refractivity contribution in [3.63, 3.8) is 0 Å². The first-order valence-corrected chi connectivity index (χ1v) is 7.23. The van der Waals surface area contributed by atoms with Crippen LogP contribution in [0.4, 0.5) is 5.69 Å². The second kappa shape index (κ2) is 7.38. The van der Waals surface area contributed by atoms with Crippen LogP contribution < -0.4 is 10.6 Å². The average Bonchev–Trinajstić information content (AvgIpc) is 3.02. The summed E-state index contributed by atoms with van der Waals surface area (Å²) in [5, 5.41) is 14.5. The fraction of sp³-hybridized carbons (Fsp3) is 0.400. The zero-order chi connectivity index (χ0) is 14.7. The minimum atomic E-state index is 0. The smallest absolute Gasteiger partial charge is 0.227 e. The molecule has 118 valence electrons. The molecule has 7 heteroatoms. The lowest BCUT2D eigenvalue weighted by Gasteiger charge is -2.27. The summed E-state index contributed by atoms with van der Waals surface area (Å²) in [4.78, 5) is 13.8. The van der Waals surface area contributed by atoms with Crippen LogP contribution in [0.3, 0.4) is 0 Å². The van der Waals surface area contributed by atoms with Gasteiger partial charge in [0.2, 0.25) is 5.91 Å². The van der Waals surface area contributed by atoms with E-state index in [1.54, 1.807) is 17.2 Å². The number of nitrogens with zero attached hydrogens (tertiary/aromatic N) is 3. The van der Waals surface area contributed by atoms with Crippen LogP contribution in [-0.2, 0) is 4.79 Å². The van der Waals surface area contributed by atoms with E-state index in [9.17, 15) is 4.79 Å². The van der Waals surface area contributed by atoms with Crippen molar-refractivity contribution in [3.05, 3.63) is 36.7 Å². The molecule has 0 spiro atoms. The summed E-state index contributed by atoms with van der Waals surface area (Å²) in [6.07, 6.45) is 5.05. The van der Waals surface area contributed by atoms with Gasteiger partial charge >= 0.3 is 0 Å². The normalized spacial score (nSPS) is 21.0. The third-order valence-corrected chi connectivity index (χ3v) is 3.78. The van der Waals surface area contributed by atoms with Crippen LogP contribution in [0.1, 0.15) is 19.8 Å². The lowest BCUT2D eigenvalue weighted by atomic mass is 9.92. The van der Waals surface area contributed by atoms with Gasteiger partial charge in [-0.2, -0.15) is 15.0 Å². The Kier molecular flexibility index (Phi) is 5.51. The van der Waals surface area contributed by atoms with E-state index in [4.69, 9.17) is 0 Å². The van der Waals surface area contributed by atoms with Gasteiger partial charge < -0.3 is 10.6 Å². The second-order valence-corrected chi connectivity index (χ2v) is 5.43. The number of carbonyl (C=O) groups is 1. The molecule has 6 nitrogen and oxygen atoms in total. The second-order valence-electron chi connectivity index (χ2n) is 5.43. The van der Waals surface area contributed by atoms with Crippen LogP contribution in [-0.4, -0.2) is 33.5 Å². The first-order valence-electron chi connectivity index (χ1n) is 7.23. The zero-order valence-corrected chi connectivity index (χ0v) is 13.2. The number of rotatable bonds is 3. The number of benzene rings is 1.